The van der Waals surface area contributed by atoms with E-state index in [1.165, 1.54) is 0 Å². The molecule has 0 bridgehead atoms. The van der Waals surface area contributed by atoms with Gasteiger partial charge in [-0.05, 0) is 74.6 Å². The topological polar surface area (TPSA) is 52.7 Å². The van der Waals surface area contributed by atoms with Crippen molar-refractivity contribution in [2.45, 2.75) is 20.3 Å². The average molecular weight is 398 g/mol. The normalized spacial score (nSPS) is 16.0. The van der Waals surface area contributed by atoms with Crippen LogP contribution in [0.3, 0.4) is 0 Å². The third kappa shape index (κ3) is 5.09. The molecule has 0 atom stereocenters. The predicted molar refractivity (Wildman–Crippen MR) is 114 cm³/mol. The van der Waals surface area contributed by atoms with Gasteiger partial charge in [0.05, 0.1) is 0 Å². The first kappa shape index (κ1) is 20.3. The zero-order valence-electron chi connectivity index (χ0n) is 16.7. The zero-order valence-corrected chi connectivity index (χ0v) is 17.5. The molecule has 3 rings (SSSR count). The Hall–Kier alpha value is -2.44. The summed E-state index contributed by atoms with van der Waals surface area (Å²) in [5.41, 5.74) is 3.08. The SMILES string of the molecule is Cc1ccc(C(=O)NC(=Cc2cccs2)C(=O)N2CCCN(C)CC2)cc1C. The molecule has 2 heterocycles. The van der Waals surface area contributed by atoms with E-state index in [0.29, 0.717) is 24.4 Å². The highest BCUT2D eigenvalue weighted by atomic mass is 32.1. The monoisotopic (exact) mass is 397 g/mol. The average Bonchev–Trinajstić information content (AvgIpc) is 3.09. The van der Waals surface area contributed by atoms with E-state index in [9.17, 15) is 9.59 Å². The Labute approximate surface area is 170 Å². The largest absolute Gasteiger partial charge is 0.336 e. The van der Waals surface area contributed by atoms with Crippen molar-refractivity contribution in [3.63, 3.8) is 0 Å². The number of nitrogens with zero attached hydrogens (tertiary/aromatic N) is 2. The predicted octanol–water partition coefficient (Wildman–Crippen LogP) is 3.30. The number of carbonyl (C=O) groups is 2. The van der Waals surface area contributed by atoms with Crippen LogP contribution in [0.4, 0.5) is 0 Å². The van der Waals surface area contributed by atoms with Crippen molar-refractivity contribution in [1.29, 1.82) is 0 Å². The molecule has 1 saturated heterocycles. The van der Waals surface area contributed by atoms with Crippen LogP contribution in [-0.2, 0) is 4.79 Å². The second kappa shape index (κ2) is 9.17. The first-order valence-electron chi connectivity index (χ1n) is 9.55. The van der Waals surface area contributed by atoms with Crippen molar-refractivity contribution in [2.24, 2.45) is 0 Å². The Kier molecular flexibility index (Phi) is 6.65. The molecule has 0 unspecified atom stereocenters. The fraction of sp³-hybridized carbons (Fsp3) is 0.364. The van der Waals surface area contributed by atoms with Crippen LogP contribution in [0.15, 0.2) is 41.4 Å². The molecule has 0 spiro atoms. The third-order valence-electron chi connectivity index (χ3n) is 5.08. The number of carbonyl (C=O) groups excluding carboxylic acids is 2. The van der Waals surface area contributed by atoms with Gasteiger partial charge in [0.2, 0.25) is 0 Å². The minimum absolute atomic E-state index is 0.124. The lowest BCUT2D eigenvalue weighted by atomic mass is 10.1. The van der Waals surface area contributed by atoms with Crippen LogP contribution in [0, 0.1) is 13.8 Å². The lowest BCUT2D eigenvalue weighted by molar-refractivity contribution is -0.127. The van der Waals surface area contributed by atoms with Crippen molar-refractivity contribution in [1.82, 2.24) is 15.1 Å². The van der Waals surface area contributed by atoms with E-state index in [0.717, 1.165) is 35.5 Å². The Morgan fingerprint density at radius 2 is 1.89 bits per heavy atom. The molecule has 1 N–H and O–H groups in total. The molecule has 1 fully saturated rings. The lowest BCUT2D eigenvalue weighted by Gasteiger charge is -2.22. The van der Waals surface area contributed by atoms with Crippen molar-refractivity contribution >= 4 is 29.2 Å². The molecular weight excluding hydrogens is 370 g/mol. The van der Waals surface area contributed by atoms with Crippen LogP contribution in [-0.4, -0.2) is 54.8 Å². The van der Waals surface area contributed by atoms with E-state index in [1.54, 1.807) is 23.5 Å². The highest BCUT2D eigenvalue weighted by Gasteiger charge is 2.23. The molecule has 1 aromatic heterocycles. The van der Waals surface area contributed by atoms with E-state index >= 15 is 0 Å². The van der Waals surface area contributed by atoms with Gasteiger partial charge < -0.3 is 15.1 Å². The summed E-state index contributed by atoms with van der Waals surface area (Å²) in [7, 11) is 2.07. The Morgan fingerprint density at radius 3 is 2.61 bits per heavy atom. The van der Waals surface area contributed by atoms with Gasteiger partial charge in [0, 0.05) is 30.1 Å². The van der Waals surface area contributed by atoms with Gasteiger partial charge in [0.25, 0.3) is 11.8 Å². The van der Waals surface area contributed by atoms with Crippen molar-refractivity contribution in [3.05, 3.63) is 63.0 Å². The molecule has 1 aromatic carbocycles. The smallest absolute Gasteiger partial charge is 0.270 e. The van der Waals surface area contributed by atoms with E-state index in [-0.39, 0.29) is 11.8 Å². The number of rotatable bonds is 4. The molecule has 6 heteroatoms. The molecule has 0 radical (unpaired) electrons. The molecule has 1 aliphatic rings. The number of thiophene rings is 1. The summed E-state index contributed by atoms with van der Waals surface area (Å²) in [5.74, 6) is -0.382. The molecule has 148 valence electrons. The van der Waals surface area contributed by atoms with E-state index in [2.05, 4.69) is 17.3 Å². The van der Waals surface area contributed by atoms with Crippen LogP contribution in [0.25, 0.3) is 6.08 Å². The maximum Gasteiger partial charge on any atom is 0.270 e. The van der Waals surface area contributed by atoms with Gasteiger partial charge in [-0.25, -0.2) is 0 Å². The fourth-order valence-electron chi connectivity index (χ4n) is 3.16. The Morgan fingerprint density at radius 1 is 1.07 bits per heavy atom. The fourth-order valence-corrected chi connectivity index (χ4v) is 3.82. The van der Waals surface area contributed by atoms with Crippen molar-refractivity contribution < 1.29 is 9.59 Å². The maximum atomic E-state index is 13.2. The van der Waals surface area contributed by atoms with Gasteiger partial charge in [0.1, 0.15) is 5.70 Å². The summed E-state index contributed by atoms with van der Waals surface area (Å²) in [6, 6.07) is 9.46. The van der Waals surface area contributed by atoms with E-state index < -0.39 is 0 Å². The summed E-state index contributed by atoms with van der Waals surface area (Å²) in [4.78, 5) is 31.0. The standard InChI is InChI=1S/C22H27N3O2S/c1-16-7-8-18(14-17(16)2)21(26)23-20(15-19-6-4-13-28-19)22(27)25-10-5-9-24(3)11-12-25/h4,6-8,13-15H,5,9-12H2,1-3H3,(H,23,26). The van der Waals surface area contributed by atoms with E-state index in [1.807, 2.05) is 48.4 Å². The van der Waals surface area contributed by atoms with Crippen LogP contribution < -0.4 is 5.32 Å². The number of amides is 2. The van der Waals surface area contributed by atoms with Gasteiger partial charge in [-0.15, -0.1) is 11.3 Å². The van der Waals surface area contributed by atoms with Gasteiger partial charge in [-0.1, -0.05) is 12.1 Å². The molecule has 0 aliphatic carbocycles. The summed E-state index contributed by atoms with van der Waals surface area (Å²) in [6.07, 6.45) is 2.71. The number of hydrogen-bond acceptors (Lipinski definition) is 4. The number of aryl methyl sites for hydroxylation is 2. The summed E-state index contributed by atoms with van der Waals surface area (Å²) in [6.45, 7) is 7.17. The molecular formula is C22H27N3O2S. The Balaban J connectivity index is 1.83. The number of hydrogen-bond donors (Lipinski definition) is 1. The molecule has 1 aliphatic heterocycles. The van der Waals surface area contributed by atoms with Gasteiger partial charge in [-0.2, -0.15) is 0 Å². The highest BCUT2D eigenvalue weighted by molar-refractivity contribution is 7.10. The number of benzene rings is 1. The molecule has 5 nitrogen and oxygen atoms in total. The summed E-state index contributed by atoms with van der Waals surface area (Å²) in [5, 5.41) is 4.83. The van der Waals surface area contributed by atoms with Crippen LogP contribution in [0.1, 0.15) is 32.8 Å². The molecule has 2 aromatic rings. The lowest BCUT2D eigenvalue weighted by Crippen LogP contribution is -2.40. The second-order valence-corrected chi connectivity index (χ2v) is 8.25. The van der Waals surface area contributed by atoms with Crippen LogP contribution >= 0.6 is 11.3 Å². The molecule has 0 saturated carbocycles. The molecule has 2 amide bonds. The van der Waals surface area contributed by atoms with Gasteiger partial charge in [-0.3, -0.25) is 9.59 Å². The van der Waals surface area contributed by atoms with Crippen LogP contribution in [0.5, 0.6) is 0 Å². The quantitative estimate of drug-likeness (QED) is 0.806. The minimum Gasteiger partial charge on any atom is -0.336 e. The first-order valence-corrected chi connectivity index (χ1v) is 10.4. The van der Waals surface area contributed by atoms with Crippen molar-refractivity contribution in [3.8, 4) is 0 Å². The number of likely N-dealkylation sites (N-methyl/N-ethyl adjacent to an activating group) is 1. The highest BCUT2D eigenvalue weighted by Crippen LogP contribution is 2.16. The van der Waals surface area contributed by atoms with Gasteiger partial charge in [0.15, 0.2) is 0 Å². The summed E-state index contributed by atoms with van der Waals surface area (Å²) >= 11 is 1.54. The van der Waals surface area contributed by atoms with E-state index in [4.69, 9.17) is 0 Å². The number of nitrogens with one attached hydrogen (secondary N) is 1. The zero-order chi connectivity index (χ0) is 20.1. The Bertz CT molecular complexity index is 874. The maximum absolute atomic E-state index is 13.2. The minimum atomic E-state index is -0.258. The van der Waals surface area contributed by atoms with Gasteiger partial charge >= 0.3 is 0 Å². The third-order valence-corrected chi connectivity index (χ3v) is 5.90. The van der Waals surface area contributed by atoms with Crippen LogP contribution in [0.2, 0.25) is 0 Å². The first-order chi connectivity index (χ1) is 13.4. The molecule has 28 heavy (non-hydrogen) atoms. The second-order valence-electron chi connectivity index (χ2n) is 7.28. The summed E-state index contributed by atoms with van der Waals surface area (Å²) < 4.78 is 0. The van der Waals surface area contributed by atoms with Crippen molar-refractivity contribution in [2.75, 3.05) is 33.2 Å².